The number of hydrogen-bond donors (Lipinski definition) is 2. The number of nitrogens with zero attached hydrogens (tertiary/aromatic N) is 1. The first-order valence-corrected chi connectivity index (χ1v) is 8.92. The number of carboxylic acids is 1. The van der Waals surface area contributed by atoms with Gasteiger partial charge in [-0.3, -0.25) is 9.59 Å². The largest absolute Gasteiger partial charge is 0.480 e. The van der Waals surface area contributed by atoms with Gasteiger partial charge in [0.15, 0.2) is 5.16 Å². The van der Waals surface area contributed by atoms with Crippen LogP contribution in [-0.4, -0.2) is 26.3 Å². The van der Waals surface area contributed by atoms with Crippen LogP contribution in [0.5, 0.6) is 0 Å². The van der Waals surface area contributed by atoms with Gasteiger partial charge in [-0.1, -0.05) is 30.8 Å². The Morgan fingerprint density at radius 1 is 1.42 bits per heavy atom. The highest BCUT2D eigenvalue weighted by Gasteiger charge is 2.20. The van der Waals surface area contributed by atoms with Crippen molar-refractivity contribution >= 4 is 39.3 Å². The Morgan fingerprint density at radius 3 is 2.75 bits per heavy atom. The highest BCUT2D eigenvalue weighted by atomic mass is 32.2. The molecule has 8 heteroatoms. The summed E-state index contributed by atoms with van der Waals surface area (Å²) in [7, 11) is 0. The third kappa shape index (κ3) is 3.20. The average molecular weight is 364 g/mol. The molecular formula is C16H13FN2O3S2. The summed E-state index contributed by atoms with van der Waals surface area (Å²) in [5.74, 6) is -1.29. The third-order valence-electron chi connectivity index (χ3n) is 3.48. The summed E-state index contributed by atoms with van der Waals surface area (Å²) in [6.45, 7) is 1.76. The van der Waals surface area contributed by atoms with Crippen LogP contribution in [0.25, 0.3) is 21.3 Å². The molecule has 0 bridgehead atoms. The second-order valence-electron chi connectivity index (χ2n) is 5.06. The van der Waals surface area contributed by atoms with Crippen LogP contribution in [-0.2, 0) is 4.79 Å². The van der Waals surface area contributed by atoms with Crippen molar-refractivity contribution in [1.29, 1.82) is 0 Å². The fraction of sp³-hybridized carbons (Fsp3) is 0.188. The second kappa shape index (κ2) is 6.74. The van der Waals surface area contributed by atoms with E-state index in [4.69, 9.17) is 5.11 Å². The Labute approximate surface area is 144 Å². The molecule has 24 heavy (non-hydrogen) atoms. The first kappa shape index (κ1) is 16.7. The van der Waals surface area contributed by atoms with Gasteiger partial charge in [0.25, 0.3) is 5.56 Å². The summed E-state index contributed by atoms with van der Waals surface area (Å²) in [4.78, 5) is 31.1. The van der Waals surface area contributed by atoms with Crippen molar-refractivity contribution in [1.82, 2.24) is 9.97 Å². The zero-order valence-electron chi connectivity index (χ0n) is 12.6. The topological polar surface area (TPSA) is 83.0 Å². The summed E-state index contributed by atoms with van der Waals surface area (Å²) in [6.07, 6.45) is 0.424. The average Bonchev–Trinajstić information content (AvgIpc) is 2.97. The molecule has 3 aromatic rings. The lowest BCUT2D eigenvalue weighted by Crippen LogP contribution is -2.17. The predicted molar refractivity (Wildman–Crippen MR) is 93.2 cm³/mol. The van der Waals surface area contributed by atoms with Crippen molar-refractivity contribution in [2.45, 2.75) is 23.8 Å². The molecule has 0 saturated heterocycles. The molecule has 2 heterocycles. The number of hydrogen-bond acceptors (Lipinski definition) is 5. The Balaban J connectivity index is 2.04. The minimum Gasteiger partial charge on any atom is -0.480 e. The number of aromatic nitrogens is 2. The number of thiophene rings is 1. The van der Waals surface area contributed by atoms with E-state index in [1.54, 1.807) is 24.4 Å². The first-order valence-electron chi connectivity index (χ1n) is 7.16. The zero-order valence-corrected chi connectivity index (χ0v) is 14.2. The second-order valence-corrected chi connectivity index (χ2v) is 7.11. The zero-order chi connectivity index (χ0) is 17.3. The van der Waals surface area contributed by atoms with E-state index in [1.807, 2.05) is 0 Å². The minimum atomic E-state index is -0.941. The van der Waals surface area contributed by atoms with E-state index in [0.29, 0.717) is 22.2 Å². The summed E-state index contributed by atoms with van der Waals surface area (Å²) in [5.41, 5.74) is 1.08. The van der Waals surface area contributed by atoms with Gasteiger partial charge in [0.1, 0.15) is 15.9 Å². The SMILES string of the molecule is CCC(Sc1nc2scc(-c3ccc(F)cc3)c2c(=O)[nH]1)C(=O)O. The number of carboxylic acid groups (broad SMARTS) is 1. The standard InChI is InChI=1S/C16H13FN2O3S2/c1-2-11(15(21)22)24-16-18-13(20)12-10(7-23-14(12)19-16)8-3-5-9(17)6-4-8/h3-7,11H,2H2,1H3,(H,21,22)(H,18,19,20). The minimum absolute atomic E-state index is 0.286. The fourth-order valence-corrected chi connectivity index (χ4v) is 4.11. The number of aromatic amines is 1. The van der Waals surface area contributed by atoms with Gasteiger partial charge in [-0.2, -0.15) is 0 Å². The normalized spacial score (nSPS) is 12.4. The van der Waals surface area contributed by atoms with Gasteiger partial charge in [0, 0.05) is 10.9 Å². The van der Waals surface area contributed by atoms with E-state index >= 15 is 0 Å². The van der Waals surface area contributed by atoms with Crippen LogP contribution in [0.4, 0.5) is 4.39 Å². The maximum Gasteiger partial charge on any atom is 0.317 e. The highest BCUT2D eigenvalue weighted by Crippen LogP contribution is 2.32. The number of nitrogens with one attached hydrogen (secondary N) is 1. The number of H-pyrrole nitrogens is 1. The van der Waals surface area contributed by atoms with Crippen LogP contribution in [0.3, 0.4) is 0 Å². The molecule has 1 atom stereocenters. The summed E-state index contributed by atoms with van der Waals surface area (Å²) in [6, 6.07) is 5.89. The van der Waals surface area contributed by atoms with E-state index in [-0.39, 0.29) is 16.5 Å². The Kier molecular flexibility index (Phi) is 4.68. The number of aliphatic carboxylic acids is 1. The van der Waals surface area contributed by atoms with Crippen molar-refractivity contribution in [3.05, 3.63) is 45.8 Å². The van der Waals surface area contributed by atoms with Gasteiger partial charge in [-0.25, -0.2) is 9.37 Å². The molecule has 3 rings (SSSR count). The Morgan fingerprint density at radius 2 is 2.12 bits per heavy atom. The number of benzene rings is 1. The molecule has 0 aliphatic heterocycles. The first-order chi connectivity index (χ1) is 11.5. The van der Waals surface area contributed by atoms with Crippen LogP contribution in [0.15, 0.2) is 39.6 Å². The Bertz CT molecular complexity index is 950. The molecule has 124 valence electrons. The maximum absolute atomic E-state index is 13.1. The van der Waals surface area contributed by atoms with Crippen LogP contribution >= 0.6 is 23.1 Å². The lowest BCUT2D eigenvalue weighted by Gasteiger charge is -2.08. The number of thioether (sulfide) groups is 1. The molecule has 2 aromatic heterocycles. The van der Waals surface area contributed by atoms with E-state index < -0.39 is 11.2 Å². The number of fused-ring (bicyclic) bond motifs is 1. The summed E-state index contributed by atoms with van der Waals surface area (Å²) in [5, 5.41) is 11.0. The smallest absolute Gasteiger partial charge is 0.317 e. The van der Waals surface area contributed by atoms with Crippen LogP contribution in [0, 0.1) is 5.82 Å². The lowest BCUT2D eigenvalue weighted by molar-refractivity contribution is -0.136. The van der Waals surface area contributed by atoms with Crippen molar-refractivity contribution in [3.63, 3.8) is 0 Å². The number of carbonyl (C=O) groups is 1. The van der Waals surface area contributed by atoms with Gasteiger partial charge in [0.05, 0.1) is 5.39 Å². The molecule has 0 radical (unpaired) electrons. The van der Waals surface area contributed by atoms with Crippen molar-refractivity contribution in [3.8, 4) is 11.1 Å². The van der Waals surface area contributed by atoms with Gasteiger partial charge in [-0.05, 0) is 24.1 Å². The molecule has 0 aliphatic carbocycles. The van der Waals surface area contributed by atoms with E-state index in [0.717, 1.165) is 17.3 Å². The van der Waals surface area contributed by atoms with Crippen molar-refractivity contribution in [2.75, 3.05) is 0 Å². The Hall–Kier alpha value is -2.19. The highest BCUT2D eigenvalue weighted by molar-refractivity contribution is 8.00. The monoisotopic (exact) mass is 364 g/mol. The lowest BCUT2D eigenvalue weighted by atomic mass is 10.1. The van der Waals surface area contributed by atoms with E-state index in [1.165, 1.54) is 23.5 Å². The quantitative estimate of drug-likeness (QED) is 0.532. The van der Waals surface area contributed by atoms with Crippen molar-refractivity contribution < 1.29 is 14.3 Å². The van der Waals surface area contributed by atoms with Gasteiger partial charge in [0.2, 0.25) is 0 Å². The molecule has 5 nitrogen and oxygen atoms in total. The van der Waals surface area contributed by atoms with Crippen LogP contribution < -0.4 is 5.56 Å². The van der Waals surface area contributed by atoms with Crippen LogP contribution in [0.2, 0.25) is 0 Å². The van der Waals surface area contributed by atoms with Gasteiger partial charge < -0.3 is 10.1 Å². The van der Waals surface area contributed by atoms with Gasteiger partial charge >= 0.3 is 5.97 Å². The molecule has 1 unspecified atom stereocenters. The predicted octanol–water partition coefficient (Wildman–Crippen LogP) is 3.75. The molecular weight excluding hydrogens is 351 g/mol. The molecule has 0 amide bonds. The molecule has 0 saturated carbocycles. The molecule has 0 fully saturated rings. The third-order valence-corrected chi connectivity index (χ3v) is 5.59. The molecule has 0 spiro atoms. The van der Waals surface area contributed by atoms with E-state index in [9.17, 15) is 14.0 Å². The fourth-order valence-electron chi connectivity index (χ4n) is 2.27. The molecule has 1 aromatic carbocycles. The summed E-state index contributed by atoms with van der Waals surface area (Å²) >= 11 is 2.32. The van der Waals surface area contributed by atoms with Crippen LogP contribution in [0.1, 0.15) is 13.3 Å². The number of rotatable bonds is 5. The molecule has 2 N–H and O–H groups in total. The van der Waals surface area contributed by atoms with E-state index in [2.05, 4.69) is 9.97 Å². The maximum atomic E-state index is 13.1. The van der Waals surface area contributed by atoms with Crippen molar-refractivity contribution in [2.24, 2.45) is 0 Å². The molecule has 0 aliphatic rings. The summed E-state index contributed by atoms with van der Waals surface area (Å²) < 4.78 is 13.1. The number of halogens is 1. The van der Waals surface area contributed by atoms with Gasteiger partial charge in [-0.15, -0.1) is 11.3 Å².